The lowest BCUT2D eigenvalue weighted by molar-refractivity contribution is 0.669. The minimum Gasteiger partial charge on any atom is -0.456 e. The van der Waals surface area contributed by atoms with Crippen molar-refractivity contribution in [2.24, 2.45) is 0 Å². The summed E-state index contributed by atoms with van der Waals surface area (Å²) in [6.45, 7) is 0. The third-order valence-corrected chi connectivity index (χ3v) is 11.6. The summed E-state index contributed by atoms with van der Waals surface area (Å²) in [7, 11) is 0. The monoisotopic (exact) mass is 728 g/mol. The van der Waals surface area contributed by atoms with E-state index in [2.05, 4.69) is 102 Å². The lowest BCUT2D eigenvalue weighted by Crippen LogP contribution is -2.00. The average molecular weight is 729 g/mol. The van der Waals surface area contributed by atoms with E-state index in [0.29, 0.717) is 17.5 Å². The van der Waals surface area contributed by atoms with E-state index in [4.69, 9.17) is 23.8 Å². The van der Waals surface area contributed by atoms with Crippen molar-refractivity contribution in [3.05, 3.63) is 170 Å². The highest BCUT2D eigenvalue weighted by Crippen LogP contribution is 2.47. The van der Waals surface area contributed by atoms with Crippen molar-refractivity contribution in [1.82, 2.24) is 19.5 Å². The first-order valence-electron chi connectivity index (χ1n) is 19.1. The van der Waals surface area contributed by atoms with Crippen LogP contribution in [0.1, 0.15) is 0 Å². The van der Waals surface area contributed by atoms with E-state index in [9.17, 15) is 0 Å². The molecule has 0 amide bonds. The Kier molecular flexibility index (Phi) is 6.07. The van der Waals surface area contributed by atoms with E-state index in [1.165, 1.54) is 32.3 Å². The lowest BCUT2D eigenvalue weighted by atomic mass is 9.95. The summed E-state index contributed by atoms with van der Waals surface area (Å²) in [5.41, 5.74) is 9.36. The van der Waals surface area contributed by atoms with E-state index >= 15 is 0 Å². The lowest BCUT2D eigenvalue weighted by Gasteiger charge is -2.10. The molecule has 0 spiro atoms. The van der Waals surface area contributed by atoms with Gasteiger partial charge in [0.25, 0.3) is 0 Å². The molecule has 13 rings (SSSR count). The molecule has 0 N–H and O–H groups in total. The van der Waals surface area contributed by atoms with Gasteiger partial charge in [-0.15, -0.1) is 0 Å². The number of furan rings is 2. The highest BCUT2D eigenvalue weighted by atomic mass is 16.3. The number of nitrogens with zero attached hydrogens (tertiary/aromatic N) is 4. The van der Waals surface area contributed by atoms with Crippen molar-refractivity contribution in [3.8, 4) is 39.9 Å². The van der Waals surface area contributed by atoms with Crippen LogP contribution in [-0.2, 0) is 0 Å². The Morgan fingerprint density at radius 2 is 0.877 bits per heavy atom. The van der Waals surface area contributed by atoms with Gasteiger partial charge in [-0.25, -0.2) is 15.0 Å². The average Bonchev–Trinajstić information content (AvgIpc) is 3.95. The van der Waals surface area contributed by atoms with Crippen LogP contribution in [0, 0.1) is 0 Å². The molecule has 0 unspecified atom stereocenters. The SMILES string of the molecule is c1ccc(-c2nc(-c3ccccc3)nc(-c3cccc4oc5ccc(-n6c7cccc8c9ccccc9c9cccc%10oc%11ccc6c(c%11c%109)c87)cc5c34)n2)cc1. The number of hydrogen-bond acceptors (Lipinski definition) is 5. The van der Waals surface area contributed by atoms with E-state index in [1.54, 1.807) is 0 Å². The smallest absolute Gasteiger partial charge is 0.164 e. The second kappa shape index (κ2) is 11.4. The third kappa shape index (κ3) is 4.26. The van der Waals surface area contributed by atoms with Crippen LogP contribution in [0.2, 0.25) is 0 Å². The summed E-state index contributed by atoms with van der Waals surface area (Å²) in [6.07, 6.45) is 0. The standard InChI is InChI=1S/C51H28N4O2/c1-3-12-29(13-4-1)49-52-50(30-14-5-2-6-15-30)54-51(53-49)36-20-11-22-41-44(36)37-28-31(24-26-40(37)56-41)55-38-21-9-18-34-32-16-7-8-17-33(32)35-19-10-23-42-46(35)48-43(57-42)27-25-39(55)47(48)45(34)38/h1-28H. The van der Waals surface area contributed by atoms with Gasteiger partial charge in [0.15, 0.2) is 17.5 Å². The van der Waals surface area contributed by atoms with Crippen LogP contribution in [0.3, 0.4) is 0 Å². The van der Waals surface area contributed by atoms with Crippen LogP contribution >= 0.6 is 0 Å². The van der Waals surface area contributed by atoms with E-state index in [1.807, 2.05) is 72.8 Å². The molecule has 13 aromatic rings. The summed E-state index contributed by atoms with van der Waals surface area (Å²) in [6, 6.07) is 59.0. The van der Waals surface area contributed by atoms with Gasteiger partial charge in [0, 0.05) is 54.7 Å². The quantitative estimate of drug-likeness (QED) is 0.180. The Morgan fingerprint density at radius 1 is 0.333 bits per heavy atom. The fourth-order valence-corrected chi connectivity index (χ4v) is 9.21. The first kappa shape index (κ1) is 30.5. The van der Waals surface area contributed by atoms with Crippen molar-refractivity contribution < 1.29 is 8.83 Å². The molecule has 0 aliphatic carbocycles. The molecule has 9 aromatic carbocycles. The second-order valence-corrected chi connectivity index (χ2v) is 14.7. The van der Waals surface area contributed by atoms with Crippen LogP contribution in [-0.4, -0.2) is 19.5 Å². The zero-order valence-electron chi connectivity index (χ0n) is 30.3. The van der Waals surface area contributed by atoms with Crippen LogP contribution in [0.4, 0.5) is 0 Å². The van der Waals surface area contributed by atoms with Gasteiger partial charge < -0.3 is 13.4 Å². The maximum absolute atomic E-state index is 6.59. The molecule has 0 aliphatic heterocycles. The third-order valence-electron chi connectivity index (χ3n) is 11.6. The van der Waals surface area contributed by atoms with Crippen molar-refractivity contribution >= 4 is 87.2 Å². The number of hydrogen-bond donors (Lipinski definition) is 0. The van der Waals surface area contributed by atoms with Gasteiger partial charge in [-0.05, 0) is 70.1 Å². The van der Waals surface area contributed by atoms with Crippen molar-refractivity contribution in [1.29, 1.82) is 0 Å². The van der Waals surface area contributed by atoms with Gasteiger partial charge >= 0.3 is 0 Å². The summed E-state index contributed by atoms with van der Waals surface area (Å²) in [4.78, 5) is 15.2. The number of benzene rings is 8. The van der Waals surface area contributed by atoms with Gasteiger partial charge in [-0.2, -0.15) is 0 Å². The zero-order chi connectivity index (χ0) is 37.2. The minimum absolute atomic E-state index is 0.588. The Labute approximate surface area is 324 Å². The molecule has 0 saturated heterocycles. The van der Waals surface area contributed by atoms with Gasteiger partial charge in [-0.3, -0.25) is 0 Å². The summed E-state index contributed by atoms with van der Waals surface area (Å²) >= 11 is 0. The molecule has 0 saturated carbocycles. The number of aromatic nitrogens is 4. The molecule has 6 nitrogen and oxygen atoms in total. The van der Waals surface area contributed by atoms with Gasteiger partial charge in [-0.1, -0.05) is 121 Å². The van der Waals surface area contributed by atoms with Crippen LogP contribution in [0.5, 0.6) is 0 Å². The Balaban J connectivity index is 1.11. The molecule has 264 valence electrons. The fourth-order valence-electron chi connectivity index (χ4n) is 9.21. The fraction of sp³-hybridized carbons (Fsp3) is 0. The predicted molar refractivity (Wildman–Crippen MR) is 231 cm³/mol. The molecule has 4 heterocycles. The normalized spacial score (nSPS) is 12.2. The van der Waals surface area contributed by atoms with Crippen LogP contribution in [0.25, 0.3) is 127 Å². The molecule has 0 bridgehead atoms. The summed E-state index contributed by atoms with van der Waals surface area (Å²) in [5.74, 6) is 1.82. The van der Waals surface area contributed by atoms with Crippen molar-refractivity contribution in [3.63, 3.8) is 0 Å². The first-order chi connectivity index (χ1) is 28.3. The highest BCUT2D eigenvalue weighted by molar-refractivity contribution is 6.38. The second-order valence-electron chi connectivity index (χ2n) is 14.7. The highest BCUT2D eigenvalue weighted by Gasteiger charge is 2.24. The summed E-state index contributed by atoms with van der Waals surface area (Å²) in [5, 5.41) is 11.5. The topological polar surface area (TPSA) is 69.9 Å². The number of rotatable bonds is 4. The molecule has 57 heavy (non-hydrogen) atoms. The molecule has 6 heteroatoms. The maximum atomic E-state index is 6.59. The minimum atomic E-state index is 0.588. The Hall–Kier alpha value is -7.83. The van der Waals surface area contributed by atoms with Crippen LogP contribution < -0.4 is 0 Å². The number of fused-ring (bicyclic) bond motifs is 6. The molecule has 0 aliphatic rings. The Bertz CT molecular complexity index is 3690. The molecule has 0 fully saturated rings. The first-order valence-corrected chi connectivity index (χ1v) is 19.1. The van der Waals surface area contributed by atoms with Gasteiger partial charge in [0.1, 0.15) is 22.3 Å². The van der Waals surface area contributed by atoms with Gasteiger partial charge in [0.05, 0.1) is 11.0 Å². The van der Waals surface area contributed by atoms with E-state index < -0.39 is 0 Å². The summed E-state index contributed by atoms with van der Waals surface area (Å²) < 4.78 is 15.6. The zero-order valence-corrected chi connectivity index (χ0v) is 30.3. The maximum Gasteiger partial charge on any atom is 0.164 e. The molecule has 0 atom stereocenters. The molecule has 4 aromatic heterocycles. The molecular weight excluding hydrogens is 701 g/mol. The largest absolute Gasteiger partial charge is 0.456 e. The molecule has 0 radical (unpaired) electrons. The molecular formula is C51H28N4O2. The van der Waals surface area contributed by atoms with E-state index in [-0.39, 0.29) is 0 Å². The van der Waals surface area contributed by atoms with Crippen molar-refractivity contribution in [2.75, 3.05) is 0 Å². The van der Waals surface area contributed by atoms with E-state index in [0.717, 1.165) is 77.3 Å². The predicted octanol–water partition coefficient (Wildman–Crippen LogP) is 13.5. The van der Waals surface area contributed by atoms with Gasteiger partial charge in [0.2, 0.25) is 0 Å². The Morgan fingerprint density at radius 3 is 1.61 bits per heavy atom. The van der Waals surface area contributed by atoms with Crippen LogP contribution in [0.15, 0.2) is 179 Å². The van der Waals surface area contributed by atoms with Crippen molar-refractivity contribution in [2.45, 2.75) is 0 Å².